The molecule has 1 atom stereocenters. The maximum absolute atomic E-state index is 11.5. The van der Waals surface area contributed by atoms with Crippen LogP contribution >= 0.6 is 0 Å². The molecule has 0 radical (unpaired) electrons. The van der Waals surface area contributed by atoms with Crippen molar-refractivity contribution in [2.24, 2.45) is 5.92 Å². The second-order valence-corrected chi connectivity index (χ2v) is 5.92. The molecular weight excluding hydrogens is 254 g/mol. The van der Waals surface area contributed by atoms with Gasteiger partial charge in [-0.3, -0.25) is 14.8 Å². The molecule has 20 heavy (non-hydrogen) atoms. The fourth-order valence-electron chi connectivity index (χ4n) is 2.78. The summed E-state index contributed by atoms with van der Waals surface area (Å²) in [6.07, 6.45) is 13.6. The number of carbonyl (C=O) groups is 2. The molecule has 0 saturated carbocycles. The lowest BCUT2D eigenvalue weighted by molar-refractivity contribution is -0.172. The summed E-state index contributed by atoms with van der Waals surface area (Å²) in [5.41, 5.74) is 0. The second kappa shape index (κ2) is 9.92. The fraction of sp³-hybridized carbons (Fsp3) is 0.875. The van der Waals surface area contributed by atoms with Gasteiger partial charge in [0.05, 0.1) is 0 Å². The third-order valence-corrected chi connectivity index (χ3v) is 4.12. The van der Waals surface area contributed by atoms with Crippen molar-refractivity contribution in [3.8, 4) is 0 Å². The van der Waals surface area contributed by atoms with Gasteiger partial charge >= 0.3 is 0 Å². The number of unbranched alkanes of at least 4 members (excludes halogenated alkanes) is 9. The predicted octanol–water partition coefficient (Wildman–Crippen LogP) is 4.06. The first-order valence-electron chi connectivity index (χ1n) is 8.22. The molecule has 1 fully saturated rings. The summed E-state index contributed by atoms with van der Waals surface area (Å²) < 4.78 is 0. The molecule has 1 N–H and O–H groups in total. The van der Waals surface area contributed by atoms with Crippen LogP contribution in [0.3, 0.4) is 0 Å². The first-order valence-corrected chi connectivity index (χ1v) is 8.22. The lowest BCUT2D eigenvalue weighted by Crippen LogP contribution is -2.26. The van der Waals surface area contributed by atoms with Gasteiger partial charge in [0, 0.05) is 12.3 Å². The van der Waals surface area contributed by atoms with Gasteiger partial charge in [-0.05, 0) is 6.42 Å². The largest absolute Gasteiger partial charge is 0.279 e. The Kier molecular flexibility index (Phi) is 8.51. The smallest absolute Gasteiger partial charge is 0.256 e. The summed E-state index contributed by atoms with van der Waals surface area (Å²) in [5, 5.41) is 9.42. The Bertz CT molecular complexity index is 304. The van der Waals surface area contributed by atoms with Crippen molar-refractivity contribution >= 4 is 11.8 Å². The lowest BCUT2D eigenvalue weighted by Gasteiger charge is -2.07. The van der Waals surface area contributed by atoms with E-state index >= 15 is 0 Å². The molecule has 0 aromatic rings. The van der Waals surface area contributed by atoms with E-state index < -0.39 is 11.8 Å². The topological polar surface area (TPSA) is 57.6 Å². The highest BCUT2D eigenvalue weighted by atomic mass is 16.5. The van der Waals surface area contributed by atoms with Crippen LogP contribution in [0, 0.1) is 5.92 Å². The predicted molar refractivity (Wildman–Crippen MR) is 78.2 cm³/mol. The average Bonchev–Trinajstić information content (AvgIpc) is 2.68. The van der Waals surface area contributed by atoms with Gasteiger partial charge in [0.2, 0.25) is 0 Å². The van der Waals surface area contributed by atoms with Crippen molar-refractivity contribution in [3.63, 3.8) is 0 Å². The van der Waals surface area contributed by atoms with Crippen molar-refractivity contribution in [1.82, 2.24) is 5.06 Å². The molecule has 0 aromatic heterocycles. The third-order valence-electron chi connectivity index (χ3n) is 4.12. The van der Waals surface area contributed by atoms with E-state index in [4.69, 9.17) is 5.21 Å². The third kappa shape index (κ3) is 6.04. The summed E-state index contributed by atoms with van der Waals surface area (Å²) in [7, 11) is 0. The summed E-state index contributed by atoms with van der Waals surface area (Å²) in [4.78, 5) is 22.6. The van der Waals surface area contributed by atoms with Crippen molar-refractivity contribution in [3.05, 3.63) is 0 Å². The monoisotopic (exact) mass is 283 g/mol. The summed E-state index contributed by atoms with van der Waals surface area (Å²) in [5.74, 6) is -1.14. The van der Waals surface area contributed by atoms with Crippen molar-refractivity contribution in [2.45, 2.75) is 84.0 Å². The van der Waals surface area contributed by atoms with E-state index in [1.807, 2.05) is 0 Å². The van der Waals surface area contributed by atoms with Crippen LogP contribution in [-0.4, -0.2) is 22.1 Å². The highest BCUT2D eigenvalue weighted by Gasteiger charge is 2.37. The van der Waals surface area contributed by atoms with Crippen LogP contribution in [0.25, 0.3) is 0 Å². The molecule has 4 nitrogen and oxygen atoms in total. The van der Waals surface area contributed by atoms with Crippen LogP contribution < -0.4 is 0 Å². The SMILES string of the molecule is CCCCCCCCCCCCC1CC(=O)N(O)C1=O. The van der Waals surface area contributed by atoms with Crippen LogP contribution in [0.2, 0.25) is 0 Å². The molecule has 0 bridgehead atoms. The molecule has 4 heteroatoms. The van der Waals surface area contributed by atoms with Crippen molar-refractivity contribution in [2.75, 3.05) is 0 Å². The maximum atomic E-state index is 11.5. The molecule has 1 rings (SSSR count). The standard InChI is InChI=1S/C16H29NO3/c1-2-3-4-5-6-7-8-9-10-11-12-14-13-15(18)17(20)16(14)19/h14,20H,2-13H2,1H3. The zero-order chi connectivity index (χ0) is 14.8. The van der Waals surface area contributed by atoms with Gasteiger partial charge in [0.1, 0.15) is 0 Å². The summed E-state index contributed by atoms with van der Waals surface area (Å²) >= 11 is 0. The van der Waals surface area contributed by atoms with E-state index in [2.05, 4.69) is 6.92 Å². The summed E-state index contributed by atoms with van der Waals surface area (Å²) in [6.45, 7) is 2.23. The molecule has 1 aliphatic rings. The van der Waals surface area contributed by atoms with Crippen LogP contribution in [0.4, 0.5) is 0 Å². The number of imide groups is 1. The van der Waals surface area contributed by atoms with Gasteiger partial charge < -0.3 is 0 Å². The maximum Gasteiger partial charge on any atom is 0.256 e. The molecule has 1 aliphatic heterocycles. The zero-order valence-electron chi connectivity index (χ0n) is 12.8. The number of carbonyl (C=O) groups excluding carboxylic acids is 2. The highest BCUT2D eigenvalue weighted by Crippen LogP contribution is 2.23. The van der Waals surface area contributed by atoms with E-state index in [1.165, 1.54) is 51.4 Å². The molecule has 0 aromatic carbocycles. The average molecular weight is 283 g/mol. The van der Waals surface area contributed by atoms with Gasteiger partial charge in [0.15, 0.2) is 0 Å². The number of hydroxylamine groups is 2. The number of amides is 2. The Morgan fingerprint density at radius 2 is 1.45 bits per heavy atom. The molecule has 1 heterocycles. The van der Waals surface area contributed by atoms with Gasteiger partial charge in [-0.1, -0.05) is 71.1 Å². The first kappa shape index (κ1) is 17.2. The second-order valence-electron chi connectivity index (χ2n) is 5.92. The molecule has 0 spiro atoms. The zero-order valence-corrected chi connectivity index (χ0v) is 12.8. The Morgan fingerprint density at radius 1 is 0.950 bits per heavy atom. The molecule has 0 aliphatic carbocycles. The Hall–Kier alpha value is -0.900. The molecule has 1 saturated heterocycles. The minimum absolute atomic E-state index is 0.187. The van der Waals surface area contributed by atoms with Gasteiger partial charge in [-0.25, -0.2) is 0 Å². The fourth-order valence-corrected chi connectivity index (χ4v) is 2.78. The minimum atomic E-state index is -0.452. The number of hydrogen-bond acceptors (Lipinski definition) is 3. The van der Waals surface area contributed by atoms with E-state index in [9.17, 15) is 9.59 Å². The Balaban J connectivity index is 1.90. The van der Waals surface area contributed by atoms with E-state index in [0.717, 1.165) is 19.3 Å². The van der Waals surface area contributed by atoms with E-state index in [1.54, 1.807) is 0 Å². The van der Waals surface area contributed by atoms with Gasteiger partial charge in [-0.15, -0.1) is 0 Å². The number of rotatable bonds is 11. The van der Waals surface area contributed by atoms with Crippen LogP contribution in [-0.2, 0) is 9.59 Å². The van der Waals surface area contributed by atoms with E-state index in [0.29, 0.717) is 5.06 Å². The number of nitrogens with zero attached hydrogens (tertiary/aromatic N) is 1. The molecule has 1 unspecified atom stereocenters. The quantitative estimate of drug-likeness (QED) is 0.353. The highest BCUT2D eigenvalue weighted by molar-refractivity contribution is 6.02. The number of hydrogen-bond donors (Lipinski definition) is 1. The molecule has 2 amide bonds. The summed E-state index contributed by atoms with van der Waals surface area (Å²) in [6, 6.07) is 0. The Labute approximate surface area is 122 Å². The van der Waals surface area contributed by atoms with Crippen LogP contribution in [0.5, 0.6) is 0 Å². The van der Waals surface area contributed by atoms with Crippen LogP contribution in [0.1, 0.15) is 84.0 Å². The van der Waals surface area contributed by atoms with Crippen LogP contribution in [0.15, 0.2) is 0 Å². The lowest BCUT2D eigenvalue weighted by atomic mass is 9.98. The first-order chi connectivity index (χ1) is 9.66. The molecular formula is C16H29NO3. The van der Waals surface area contributed by atoms with Gasteiger partial charge in [-0.2, -0.15) is 5.06 Å². The van der Waals surface area contributed by atoms with Crippen molar-refractivity contribution in [1.29, 1.82) is 0 Å². The van der Waals surface area contributed by atoms with E-state index in [-0.39, 0.29) is 12.3 Å². The van der Waals surface area contributed by atoms with Gasteiger partial charge in [0.25, 0.3) is 11.8 Å². The van der Waals surface area contributed by atoms with Crippen molar-refractivity contribution < 1.29 is 14.8 Å². The normalized spacial score (nSPS) is 19.1. The Morgan fingerprint density at radius 3 is 1.90 bits per heavy atom. The minimum Gasteiger partial charge on any atom is -0.279 e. The molecule has 116 valence electrons.